The summed E-state index contributed by atoms with van der Waals surface area (Å²) in [6.07, 6.45) is 6.07. The van der Waals surface area contributed by atoms with Crippen LogP contribution in [0.2, 0.25) is 0 Å². The van der Waals surface area contributed by atoms with E-state index in [0.717, 1.165) is 50.1 Å². The Hall–Kier alpha value is -3.02. The Labute approximate surface area is 183 Å². The summed E-state index contributed by atoms with van der Waals surface area (Å²) in [6, 6.07) is 13.8. The summed E-state index contributed by atoms with van der Waals surface area (Å²) >= 11 is 0. The van der Waals surface area contributed by atoms with Crippen molar-refractivity contribution in [2.24, 2.45) is 0 Å². The van der Waals surface area contributed by atoms with Gasteiger partial charge in [-0.2, -0.15) is 0 Å². The number of amides is 2. The zero-order valence-electron chi connectivity index (χ0n) is 17.8. The number of para-hydroxylation sites is 2. The van der Waals surface area contributed by atoms with Crippen molar-refractivity contribution in [3.8, 4) is 5.75 Å². The van der Waals surface area contributed by atoms with Gasteiger partial charge >= 0.3 is 0 Å². The summed E-state index contributed by atoms with van der Waals surface area (Å²) in [6.45, 7) is 2.14. The first-order valence-electron chi connectivity index (χ1n) is 11.4. The molecule has 0 bridgehead atoms. The van der Waals surface area contributed by atoms with Crippen molar-refractivity contribution in [2.45, 2.75) is 44.6 Å². The molecular weight excluding hydrogens is 390 g/mol. The van der Waals surface area contributed by atoms with Crippen molar-refractivity contribution in [3.05, 3.63) is 53.6 Å². The van der Waals surface area contributed by atoms with Gasteiger partial charge in [-0.3, -0.25) is 9.59 Å². The molecule has 0 spiro atoms. The molecule has 1 aliphatic carbocycles. The van der Waals surface area contributed by atoms with E-state index in [1.54, 1.807) is 0 Å². The standard InChI is InChI=1S/C25H29N3O3/c29-24(26-20-12-11-18-7-6-8-19(18)15-20)17-28-16-23(25(30)27-13-4-1-5-14-27)31-22-10-3-2-9-21(22)28/h2-3,9-12,15,23H,1,4-8,13-14,16-17H2,(H,26,29). The molecule has 162 valence electrons. The van der Waals surface area contributed by atoms with Crippen LogP contribution < -0.4 is 15.0 Å². The first-order valence-corrected chi connectivity index (χ1v) is 11.4. The number of carbonyl (C=O) groups is 2. The van der Waals surface area contributed by atoms with Crippen LogP contribution in [0.3, 0.4) is 0 Å². The maximum Gasteiger partial charge on any atom is 0.265 e. The Kier molecular flexibility index (Phi) is 5.53. The highest BCUT2D eigenvalue weighted by molar-refractivity contribution is 5.95. The van der Waals surface area contributed by atoms with Crippen molar-refractivity contribution >= 4 is 23.2 Å². The predicted molar refractivity (Wildman–Crippen MR) is 121 cm³/mol. The minimum atomic E-state index is -0.583. The number of carbonyl (C=O) groups excluding carboxylic acids is 2. The van der Waals surface area contributed by atoms with Gasteiger partial charge in [0, 0.05) is 18.8 Å². The number of anilines is 2. The van der Waals surface area contributed by atoms with Crippen LogP contribution in [0.5, 0.6) is 5.75 Å². The van der Waals surface area contributed by atoms with Gasteiger partial charge in [0.15, 0.2) is 6.10 Å². The Balaban J connectivity index is 1.30. The van der Waals surface area contributed by atoms with Crippen LogP contribution in [0.25, 0.3) is 0 Å². The van der Waals surface area contributed by atoms with Crippen molar-refractivity contribution in [3.63, 3.8) is 0 Å². The molecular formula is C25H29N3O3. The molecule has 31 heavy (non-hydrogen) atoms. The fourth-order valence-corrected chi connectivity index (χ4v) is 4.93. The number of fused-ring (bicyclic) bond motifs is 2. The van der Waals surface area contributed by atoms with E-state index in [-0.39, 0.29) is 18.4 Å². The highest BCUT2D eigenvalue weighted by atomic mass is 16.5. The van der Waals surface area contributed by atoms with Gasteiger partial charge < -0.3 is 19.9 Å². The smallest absolute Gasteiger partial charge is 0.265 e. The maximum absolute atomic E-state index is 13.1. The zero-order chi connectivity index (χ0) is 21.2. The molecule has 1 saturated heterocycles. The first-order chi connectivity index (χ1) is 15.2. The molecule has 0 saturated carbocycles. The van der Waals surface area contributed by atoms with Gasteiger partial charge in [0.05, 0.1) is 18.8 Å². The number of benzene rings is 2. The number of aryl methyl sites for hydroxylation is 2. The largest absolute Gasteiger partial charge is 0.477 e. The number of ether oxygens (including phenoxy) is 1. The van der Waals surface area contributed by atoms with Crippen molar-refractivity contribution in [1.82, 2.24) is 4.90 Å². The normalized spacial score (nSPS) is 19.9. The van der Waals surface area contributed by atoms with Crippen molar-refractivity contribution < 1.29 is 14.3 Å². The second-order valence-corrected chi connectivity index (χ2v) is 8.73. The molecule has 1 atom stereocenters. The van der Waals surface area contributed by atoms with Gasteiger partial charge in [-0.1, -0.05) is 18.2 Å². The number of nitrogens with one attached hydrogen (secondary N) is 1. The monoisotopic (exact) mass is 419 g/mol. The second-order valence-electron chi connectivity index (χ2n) is 8.73. The molecule has 1 N–H and O–H groups in total. The van der Waals surface area contributed by atoms with Crippen LogP contribution in [0, 0.1) is 0 Å². The summed E-state index contributed by atoms with van der Waals surface area (Å²) in [5.74, 6) is 0.603. The average molecular weight is 420 g/mol. The number of hydrogen-bond donors (Lipinski definition) is 1. The Morgan fingerprint density at radius 1 is 0.968 bits per heavy atom. The Bertz CT molecular complexity index is 984. The first kappa shape index (κ1) is 19.9. The van der Waals surface area contributed by atoms with Crippen LogP contribution >= 0.6 is 0 Å². The average Bonchev–Trinajstić information content (AvgIpc) is 3.27. The van der Waals surface area contributed by atoms with E-state index in [4.69, 9.17) is 4.74 Å². The SMILES string of the molecule is O=C(CN1CC(C(=O)N2CCCCC2)Oc2ccccc21)Nc1ccc2c(c1)CCC2. The number of piperidine rings is 1. The second kappa shape index (κ2) is 8.61. The van der Waals surface area contributed by atoms with Gasteiger partial charge in [-0.15, -0.1) is 0 Å². The fourth-order valence-electron chi connectivity index (χ4n) is 4.93. The van der Waals surface area contributed by atoms with Crippen molar-refractivity contribution in [2.75, 3.05) is 36.4 Å². The minimum Gasteiger partial charge on any atom is -0.477 e. The molecule has 0 radical (unpaired) electrons. The van der Waals surface area contributed by atoms with Gasteiger partial charge in [-0.05, 0) is 73.9 Å². The lowest BCUT2D eigenvalue weighted by atomic mass is 10.1. The van der Waals surface area contributed by atoms with Gasteiger partial charge in [0.1, 0.15) is 5.75 Å². The van der Waals surface area contributed by atoms with Gasteiger partial charge in [0.25, 0.3) is 5.91 Å². The lowest BCUT2D eigenvalue weighted by Gasteiger charge is -2.38. The lowest BCUT2D eigenvalue weighted by Crippen LogP contribution is -2.52. The number of nitrogens with zero attached hydrogens (tertiary/aromatic N) is 2. The molecule has 1 unspecified atom stereocenters. The highest BCUT2D eigenvalue weighted by Crippen LogP contribution is 2.33. The number of hydrogen-bond acceptors (Lipinski definition) is 4. The highest BCUT2D eigenvalue weighted by Gasteiger charge is 2.34. The van der Waals surface area contributed by atoms with Crippen LogP contribution in [0.15, 0.2) is 42.5 Å². The topological polar surface area (TPSA) is 61.9 Å². The van der Waals surface area contributed by atoms with E-state index in [1.165, 1.54) is 24.0 Å². The summed E-state index contributed by atoms with van der Waals surface area (Å²) in [4.78, 5) is 29.8. The number of likely N-dealkylation sites (tertiary alicyclic amines) is 1. The third-order valence-electron chi connectivity index (χ3n) is 6.52. The van der Waals surface area contributed by atoms with Crippen LogP contribution in [0.4, 0.5) is 11.4 Å². The van der Waals surface area contributed by atoms with Gasteiger partial charge in [0.2, 0.25) is 5.91 Å². The van der Waals surface area contributed by atoms with Gasteiger partial charge in [-0.25, -0.2) is 0 Å². The molecule has 2 aromatic carbocycles. The summed E-state index contributed by atoms with van der Waals surface area (Å²) in [7, 11) is 0. The molecule has 2 aliphatic heterocycles. The molecule has 6 heteroatoms. The quantitative estimate of drug-likeness (QED) is 0.825. The fraction of sp³-hybridized carbons (Fsp3) is 0.440. The van der Waals surface area contributed by atoms with E-state index in [1.807, 2.05) is 40.1 Å². The van der Waals surface area contributed by atoms with E-state index < -0.39 is 6.10 Å². The van der Waals surface area contributed by atoms with E-state index in [2.05, 4.69) is 17.4 Å². The summed E-state index contributed by atoms with van der Waals surface area (Å²) < 4.78 is 6.06. The van der Waals surface area contributed by atoms with Crippen molar-refractivity contribution in [1.29, 1.82) is 0 Å². The van der Waals surface area contributed by atoms with Crippen LogP contribution in [0.1, 0.15) is 36.8 Å². The maximum atomic E-state index is 13.1. The Morgan fingerprint density at radius 2 is 1.77 bits per heavy atom. The third kappa shape index (κ3) is 4.24. The molecule has 6 nitrogen and oxygen atoms in total. The minimum absolute atomic E-state index is 0.0261. The molecule has 1 fully saturated rings. The van der Waals surface area contributed by atoms with E-state index >= 15 is 0 Å². The molecule has 3 aliphatic rings. The van der Waals surface area contributed by atoms with Crippen LogP contribution in [-0.4, -0.2) is 49.0 Å². The summed E-state index contributed by atoms with van der Waals surface area (Å²) in [5, 5.41) is 3.04. The summed E-state index contributed by atoms with van der Waals surface area (Å²) in [5.41, 5.74) is 4.42. The molecule has 5 rings (SSSR count). The number of rotatable bonds is 4. The zero-order valence-corrected chi connectivity index (χ0v) is 17.8. The van der Waals surface area contributed by atoms with E-state index in [9.17, 15) is 9.59 Å². The van der Waals surface area contributed by atoms with Crippen LogP contribution in [-0.2, 0) is 22.4 Å². The molecule has 2 heterocycles. The molecule has 0 aromatic heterocycles. The molecule has 2 aromatic rings. The van der Waals surface area contributed by atoms with E-state index in [0.29, 0.717) is 12.3 Å². The lowest BCUT2D eigenvalue weighted by molar-refractivity contribution is -0.139. The predicted octanol–water partition coefficient (Wildman–Crippen LogP) is 3.39. The molecule has 2 amide bonds. The third-order valence-corrected chi connectivity index (χ3v) is 6.52. The Morgan fingerprint density at radius 3 is 2.65 bits per heavy atom.